The number of ether oxygens (including phenoxy) is 1. The lowest BCUT2D eigenvalue weighted by atomic mass is 10.2. The summed E-state index contributed by atoms with van der Waals surface area (Å²) >= 11 is 7.38. The van der Waals surface area contributed by atoms with Crippen molar-refractivity contribution < 1.29 is 9.53 Å². The Labute approximate surface area is 160 Å². The Bertz CT molecular complexity index is 752. The standard InChI is InChI=1S/C17H18IN3O2S/c1-3-7-23-14-6-4-5-12(9-14)16(22)21-17(24)20-15-11(2)8-13(18)10-19-15/h4-6,8-10H,3,7H2,1-2H3,(H2,19,20,21,22,24). The van der Waals surface area contributed by atoms with E-state index >= 15 is 0 Å². The lowest BCUT2D eigenvalue weighted by Gasteiger charge is -2.11. The number of amides is 1. The molecule has 126 valence electrons. The van der Waals surface area contributed by atoms with Crippen LogP contribution in [-0.2, 0) is 0 Å². The van der Waals surface area contributed by atoms with Gasteiger partial charge in [-0.15, -0.1) is 0 Å². The maximum atomic E-state index is 12.3. The molecule has 2 N–H and O–H groups in total. The molecule has 5 nitrogen and oxygen atoms in total. The number of nitrogens with zero attached hydrogens (tertiary/aromatic N) is 1. The molecule has 0 aliphatic heterocycles. The lowest BCUT2D eigenvalue weighted by molar-refractivity contribution is 0.0977. The average molecular weight is 455 g/mol. The van der Waals surface area contributed by atoms with E-state index in [2.05, 4.69) is 38.2 Å². The summed E-state index contributed by atoms with van der Waals surface area (Å²) in [5.74, 6) is 0.997. The fourth-order valence-electron chi connectivity index (χ4n) is 1.93. The normalized spacial score (nSPS) is 10.1. The smallest absolute Gasteiger partial charge is 0.257 e. The zero-order chi connectivity index (χ0) is 17.5. The molecule has 2 aromatic rings. The molecule has 0 aliphatic carbocycles. The highest BCUT2D eigenvalue weighted by Gasteiger charge is 2.10. The van der Waals surface area contributed by atoms with Crippen molar-refractivity contribution in [3.05, 3.63) is 51.2 Å². The van der Waals surface area contributed by atoms with E-state index in [1.807, 2.05) is 26.0 Å². The third kappa shape index (κ3) is 5.41. The first-order valence-electron chi connectivity index (χ1n) is 7.47. The molecule has 1 amide bonds. The van der Waals surface area contributed by atoms with Gasteiger partial charge in [-0.05, 0) is 78.0 Å². The van der Waals surface area contributed by atoms with Gasteiger partial charge < -0.3 is 10.1 Å². The Kier molecular flexibility index (Phi) is 6.92. The molecular formula is C17H18IN3O2S. The van der Waals surface area contributed by atoms with E-state index in [4.69, 9.17) is 17.0 Å². The molecule has 24 heavy (non-hydrogen) atoms. The predicted octanol–water partition coefficient (Wildman–Crippen LogP) is 3.91. The maximum Gasteiger partial charge on any atom is 0.257 e. The highest BCUT2D eigenvalue weighted by molar-refractivity contribution is 14.1. The van der Waals surface area contributed by atoms with E-state index < -0.39 is 0 Å². The van der Waals surface area contributed by atoms with Gasteiger partial charge in [0, 0.05) is 15.3 Å². The molecule has 0 unspecified atom stereocenters. The van der Waals surface area contributed by atoms with Gasteiger partial charge in [-0.2, -0.15) is 0 Å². The van der Waals surface area contributed by atoms with Gasteiger partial charge in [0.1, 0.15) is 11.6 Å². The Balaban J connectivity index is 1.99. The molecule has 1 heterocycles. The zero-order valence-corrected chi connectivity index (χ0v) is 16.4. The van der Waals surface area contributed by atoms with Crippen LogP contribution in [0.4, 0.5) is 5.82 Å². The summed E-state index contributed by atoms with van der Waals surface area (Å²) in [5, 5.41) is 5.80. The number of hydrogen-bond donors (Lipinski definition) is 2. The van der Waals surface area contributed by atoms with Crippen LogP contribution in [0.25, 0.3) is 0 Å². The number of aryl methyl sites for hydroxylation is 1. The van der Waals surface area contributed by atoms with Crippen molar-refractivity contribution in [1.29, 1.82) is 0 Å². The van der Waals surface area contributed by atoms with Crippen LogP contribution in [0, 0.1) is 10.5 Å². The molecule has 1 aromatic carbocycles. The summed E-state index contributed by atoms with van der Waals surface area (Å²) in [6.07, 6.45) is 2.64. The zero-order valence-electron chi connectivity index (χ0n) is 13.4. The second kappa shape index (κ2) is 8.93. The summed E-state index contributed by atoms with van der Waals surface area (Å²) in [6.45, 7) is 4.57. The van der Waals surface area contributed by atoms with E-state index in [1.54, 1.807) is 24.4 Å². The van der Waals surface area contributed by atoms with E-state index in [1.165, 1.54) is 0 Å². The minimum Gasteiger partial charge on any atom is -0.494 e. The second-order valence-electron chi connectivity index (χ2n) is 5.10. The number of halogens is 1. The number of hydrogen-bond acceptors (Lipinski definition) is 4. The van der Waals surface area contributed by atoms with Crippen molar-refractivity contribution in [1.82, 2.24) is 10.3 Å². The number of nitrogens with one attached hydrogen (secondary N) is 2. The van der Waals surface area contributed by atoms with Crippen LogP contribution in [0.2, 0.25) is 0 Å². The molecule has 7 heteroatoms. The van der Waals surface area contributed by atoms with Crippen LogP contribution in [0.1, 0.15) is 29.3 Å². The van der Waals surface area contributed by atoms with Crippen molar-refractivity contribution in [2.75, 3.05) is 11.9 Å². The molecule has 0 aliphatic rings. The minimum atomic E-state index is -0.294. The van der Waals surface area contributed by atoms with E-state index in [0.29, 0.717) is 23.7 Å². The summed E-state index contributed by atoms with van der Waals surface area (Å²) in [6, 6.07) is 8.99. The van der Waals surface area contributed by atoms with Gasteiger partial charge in [-0.1, -0.05) is 13.0 Å². The van der Waals surface area contributed by atoms with Crippen LogP contribution >= 0.6 is 34.8 Å². The minimum absolute atomic E-state index is 0.205. The monoisotopic (exact) mass is 455 g/mol. The average Bonchev–Trinajstić information content (AvgIpc) is 2.55. The quantitative estimate of drug-likeness (QED) is 0.529. The molecule has 1 aromatic heterocycles. The number of aromatic nitrogens is 1. The van der Waals surface area contributed by atoms with E-state index in [-0.39, 0.29) is 11.0 Å². The van der Waals surface area contributed by atoms with Crippen LogP contribution in [0.3, 0.4) is 0 Å². The number of carbonyl (C=O) groups excluding carboxylic acids is 1. The molecule has 0 radical (unpaired) electrons. The largest absolute Gasteiger partial charge is 0.494 e. The van der Waals surface area contributed by atoms with Crippen LogP contribution < -0.4 is 15.4 Å². The summed E-state index contributed by atoms with van der Waals surface area (Å²) < 4.78 is 6.57. The maximum absolute atomic E-state index is 12.3. The molecule has 0 atom stereocenters. The number of rotatable bonds is 5. The van der Waals surface area contributed by atoms with Gasteiger partial charge >= 0.3 is 0 Å². The van der Waals surface area contributed by atoms with Crippen LogP contribution in [-0.4, -0.2) is 22.6 Å². The summed E-state index contributed by atoms with van der Waals surface area (Å²) in [7, 11) is 0. The van der Waals surface area contributed by atoms with Gasteiger partial charge in [0.25, 0.3) is 5.91 Å². The van der Waals surface area contributed by atoms with Crippen molar-refractivity contribution >= 4 is 51.6 Å². The Morgan fingerprint density at radius 1 is 1.38 bits per heavy atom. The second-order valence-corrected chi connectivity index (χ2v) is 6.76. The molecule has 0 saturated heterocycles. The predicted molar refractivity (Wildman–Crippen MR) is 108 cm³/mol. The van der Waals surface area contributed by atoms with Crippen molar-refractivity contribution in [3.8, 4) is 5.75 Å². The molecule has 0 bridgehead atoms. The van der Waals surface area contributed by atoms with Gasteiger partial charge in [0.05, 0.1) is 6.61 Å². The van der Waals surface area contributed by atoms with Crippen molar-refractivity contribution in [3.63, 3.8) is 0 Å². The fraction of sp³-hybridized carbons (Fsp3) is 0.235. The van der Waals surface area contributed by atoms with Gasteiger partial charge in [0.15, 0.2) is 5.11 Å². The number of benzene rings is 1. The molecule has 0 saturated carbocycles. The highest BCUT2D eigenvalue weighted by atomic mass is 127. The van der Waals surface area contributed by atoms with E-state index in [9.17, 15) is 4.79 Å². The fourth-order valence-corrected chi connectivity index (χ4v) is 2.73. The first-order valence-corrected chi connectivity index (χ1v) is 8.95. The molecule has 0 spiro atoms. The number of thiocarbonyl (C=S) groups is 1. The lowest BCUT2D eigenvalue weighted by Crippen LogP contribution is -2.34. The SMILES string of the molecule is CCCOc1cccc(C(=O)NC(=S)Nc2ncc(I)cc2C)c1. The molecular weight excluding hydrogens is 437 g/mol. The number of carbonyl (C=O) groups is 1. The Morgan fingerprint density at radius 3 is 2.88 bits per heavy atom. The van der Waals surface area contributed by atoms with E-state index in [0.717, 1.165) is 15.6 Å². The number of pyridine rings is 1. The molecule has 2 rings (SSSR count). The first-order chi connectivity index (χ1) is 11.5. The Morgan fingerprint density at radius 2 is 2.17 bits per heavy atom. The third-order valence-corrected chi connectivity index (χ3v) is 3.87. The van der Waals surface area contributed by atoms with Crippen molar-refractivity contribution in [2.45, 2.75) is 20.3 Å². The first kappa shape index (κ1) is 18.6. The van der Waals surface area contributed by atoms with Gasteiger partial charge in [-0.25, -0.2) is 4.98 Å². The number of anilines is 1. The summed E-state index contributed by atoms with van der Waals surface area (Å²) in [4.78, 5) is 16.6. The van der Waals surface area contributed by atoms with Crippen LogP contribution in [0.5, 0.6) is 5.75 Å². The van der Waals surface area contributed by atoms with Crippen LogP contribution in [0.15, 0.2) is 36.5 Å². The topological polar surface area (TPSA) is 63.2 Å². The Hall–Kier alpha value is -1.74. The molecule has 0 fully saturated rings. The van der Waals surface area contributed by atoms with Gasteiger partial charge in [0.2, 0.25) is 0 Å². The third-order valence-electron chi connectivity index (χ3n) is 3.07. The highest BCUT2D eigenvalue weighted by Crippen LogP contribution is 2.15. The van der Waals surface area contributed by atoms with Gasteiger partial charge in [-0.3, -0.25) is 10.1 Å². The van der Waals surface area contributed by atoms with Crippen molar-refractivity contribution in [2.24, 2.45) is 0 Å². The summed E-state index contributed by atoms with van der Waals surface area (Å²) in [5.41, 5.74) is 1.44.